The minimum atomic E-state index is -0.903. The van der Waals surface area contributed by atoms with Crippen LogP contribution in [-0.4, -0.2) is 12.2 Å². The predicted molar refractivity (Wildman–Crippen MR) is 77.4 cm³/mol. The van der Waals surface area contributed by atoms with Gasteiger partial charge in [-0.1, -0.05) is 42.5 Å². The maximum Gasteiger partial charge on any atom is 0.122 e. The Labute approximate surface area is 114 Å². The first-order valence-electron chi connectivity index (χ1n) is 6.45. The second kappa shape index (κ2) is 5.45. The van der Waals surface area contributed by atoms with Gasteiger partial charge in [-0.2, -0.15) is 0 Å². The number of para-hydroxylation sites is 1. The van der Waals surface area contributed by atoms with Crippen molar-refractivity contribution >= 4 is 0 Å². The summed E-state index contributed by atoms with van der Waals surface area (Å²) in [5.41, 5.74) is 2.17. The Morgan fingerprint density at radius 1 is 1.05 bits per heavy atom. The van der Waals surface area contributed by atoms with E-state index < -0.39 is 5.60 Å². The molecule has 2 heteroatoms. The summed E-state index contributed by atoms with van der Waals surface area (Å²) >= 11 is 0. The molecule has 0 radical (unpaired) electrons. The minimum Gasteiger partial charge on any atom is -0.496 e. The van der Waals surface area contributed by atoms with Crippen molar-refractivity contribution in [1.82, 2.24) is 0 Å². The van der Waals surface area contributed by atoms with E-state index >= 15 is 0 Å². The van der Waals surface area contributed by atoms with Gasteiger partial charge < -0.3 is 9.84 Å². The van der Waals surface area contributed by atoms with Gasteiger partial charge in [0.1, 0.15) is 5.75 Å². The molecule has 0 aliphatic heterocycles. The lowest BCUT2D eigenvalue weighted by Gasteiger charge is -2.26. The Morgan fingerprint density at radius 2 is 1.68 bits per heavy atom. The number of rotatable bonds is 4. The van der Waals surface area contributed by atoms with Crippen LogP contribution in [0.4, 0.5) is 0 Å². The summed E-state index contributed by atoms with van der Waals surface area (Å²) < 4.78 is 5.35. The van der Waals surface area contributed by atoms with Gasteiger partial charge in [0.25, 0.3) is 0 Å². The van der Waals surface area contributed by atoms with Gasteiger partial charge in [0.05, 0.1) is 12.7 Å². The van der Waals surface area contributed by atoms with Crippen LogP contribution in [0.3, 0.4) is 0 Å². The number of hydrogen-bond donors (Lipinski definition) is 1. The molecule has 2 rings (SSSR count). The lowest BCUT2D eigenvalue weighted by molar-refractivity contribution is 0.0563. The number of aryl methyl sites for hydroxylation is 1. The summed E-state index contributed by atoms with van der Waals surface area (Å²) in [7, 11) is 1.65. The van der Waals surface area contributed by atoms with Gasteiger partial charge in [-0.05, 0) is 36.6 Å². The maximum atomic E-state index is 10.8. The molecule has 0 aliphatic carbocycles. The molecule has 2 aromatic rings. The highest BCUT2D eigenvalue weighted by Gasteiger charge is 2.26. The van der Waals surface area contributed by atoms with Crippen molar-refractivity contribution in [2.45, 2.75) is 25.9 Å². The first kappa shape index (κ1) is 13.6. The van der Waals surface area contributed by atoms with Crippen LogP contribution in [0.1, 0.15) is 23.6 Å². The fourth-order valence-corrected chi connectivity index (χ4v) is 2.49. The van der Waals surface area contributed by atoms with Crippen molar-refractivity contribution in [2.75, 3.05) is 7.11 Å². The number of benzene rings is 2. The smallest absolute Gasteiger partial charge is 0.122 e. The Morgan fingerprint density at radius 3 is 2.37 bits per heavy atom. The molecular formula is C17H20O2. The quantitative estimate of drug-likeness (QED) is 0.907. The number of ether oxygens (including phenoxy) is 1. The predicted octanol–water partition coefficient (Wildman–Crippen LogP) is 3.45. The standard InChI is InChI=1S/C17H20O2/c1-13-8-4-6-10-15(13)17(2,18)12-14-9-5-7-11-16(14)19-3/h4-11,18H,12H2,1-3H3. The Bertz CT molecular complexity index is 559. The van der Waals surface area contributed by atoms with Gasteiger partial charge in [0.2, 0.25) is 0 Å². The van der Waals surface area contributed by atoms with Crippen molar-refractivity contribution < 1.29 is 9.84 Å². The van der Waals surface area contributed by atoms with Crippen LogP contribution in [0.2, 0.25) is 0 Å². The van der Waals surface area contributed by atoms with E-state index in [1.165, 1.54) is 0 Å². The molecular weight excluding hydrogens is 236 g/mol. The molecule has 1 N–H and O–H groups in total. The summed E-state index contributed by atoms with van der Waals surface area (Å²) in [6.07, 6.45) is 0.530. The summed E-state index contributed by atoms with van der Waals surface area (Å²) in [6.45, 7) is 3.87. The van der Waals surface area contributed by atoms with Crippen LogP contribution in [0.15, 0.2) is 48.5 Å². The number of hydrogen-bond acceptors (Lipinski definition) is 2. The third-order valence-corrected chi connectivity index (χ3v) is 3.45. The molecule has 0 bridgehead atoms. The van der Waals surface area contributed by atoms with Crippen molar-refractivity contribution in [3.63, 3.8) is 0 Å². The van der Waals surface area contributed by atoms with Gasteiger partial charge in [0.15, 0.2) is 0 Å². The number of methoxy groups -OCH3 is 1. The lowest BCUT2D eigenvalue weighted by Crippen LogP contribution is -2.25. The van der Waals surface area contributed by atoms with E-state index in [0.717, 1.165) is 22.4 Å². The molecule has 1 unspecified atom stereocenters. The fourth-order valence-electron chi connectivity index (χ4n) is 2.49. The van der Waals surface area contributed by atoms with Gasteiger partial charge in [0, 0.05) is 6.42 Å². The molecule has 0 aromatic heterocycles. The molecule has 2 aromatic carbocycles. The molecule has 0 amide bonds. The first-order chi connectivity index (χ1) is 9.04. The van der Waals surface area contributed by atoms with E-state index in [-0.39, 0.29) is 0 Å². The highest BCUT2D eigenvalue weighted by molar-refractivity contribution is 5.38. The molecule has 0 spiro atoms. The zero-order chi connectivity index (χ0) is 13.9. The molecule has 0 saturated carbocycles. The van der Waals surface area contributed by atoms with Crippen LogP contribution >= 0.6 is 0 Å². The molecule has 19 heavy (non-hydrogen) atoms. The SMILES string of the molecule is COc1ccccc1CC(C)(O)c1ccccc1C. The van der Waals surface area contributed by atoms with E-state index in [2.05, 4.69) is 0 Å². The highest BCUT2D eigenvalue weighted by Crippen LogP contribution is 2.31. The third kappa shape index (κ3) is 2.96. The third-order valence-electron chi connectivity index (χ3n) is 3.45. The van der Waals surface area contributed by atoms with E-state index in [4.69, 9.17) is 4.74 Å². The molecule has 0 aliphatic rings. The number of aliphatic hydroxyl groups is 1. The largest absolute Gasteiger partial charge is 0.496 e. The van der Waals surface area contributed by atoms with Crippen LogP contribution in [0.5, 0.6) is 5.75 Å². The van der Waals surface area contributed by atoms with E-state index in [1.54, 1.807) is 7.11 Å². The normalized spacial score (nSPS) is 13.9. The molecule has 2 nitrogen and oxygen atoms in total. The Kier molecular flexibility index (Phi) is 3.91. The topological polar surface area (TPSA) is 29.5 Å². The van der Waals surface area contributed by atoms with Crippen molar-refractivity contribution in [3.8, 4) is 5.75 Å². The van der Waals surface area contributed by atoms with Gasteiger partial charge in [-0.15, -0.1) is 0 Å². The fraction of sp³-hybridized carbons (Fsp3) is 0.294. The average Bonchev–Trinajstić information content (AvgIpc) is 2.39. The average molecular weight is 256 g/mol. The summed E-state index contributed by atoms with van der Waals surface area (Å²) in [6, 6.07) is 15.7. The lowest BCUT2D eigenvalue weighted by atomic mass is 9.86. The van der Waals surface area contributed by atoms with Crippen molar-refractivity contribution in [3.05, 3.63) is 65.2 Å². The summed E-state index contributed by atoms with van der Waals surface area (Å²) in [5, 5.41) is 10.8. The van der Waals surface area contributed by atoms with Gasteiger partial charge >= 0.3 is 0 Å². The summed E-state index contributed by atoms with van der Waals surface area (Å²) in [5.74, 6) is 0.816. The van der Waals surface area contributed by atoms with Crippen LogP contribution in [0.25, 0.3) is 0 Å². The molecule has 1 atom stereocenters. The molecule has 0 fully saturated rings. The summed E-state index contributed by atoms with van der Waals surface area (Å²) in [4.78, 5) is 0. The second-order valence-electron chi connectivity index (χ2n) is 5.08. The zero-order valence-electron chi connectivity index (χ0n) is 11.7. The van der Waals surface area contributed by atoms with Gasteiger partial charge in [-0.25, -0.2) is 0 Å². The molecule has 0 heterocycles. The van der Waals surface area contributed by atoms with Crippen LogP contribution < -0.4 is 4.74 Å². The van der Waals surface area contributed by atoms with E-state index in [1.807, 2.05) is 62.4 Å². The van der Waals surface area contributed by atoms with E-state index in [0.29, 0.717) is 6.42 Å². The Balaban J connectivity index is 2.34. The second-order valence-corrected chi connectivity index (χ2v) is 5.08. The van der Waals surface area contributed by atoms with Crippen LogP contribution in [0, 0.1) is 6.92 Å². The van der Waals surface area contributed by atoms with E-state index in [9.17, 15) is 5.11 Å². The zero-order valence-corrected chi connectivity index (χ0v) is 11.7. The van der Waals surface area contributed by atoms with Crippen LogP contribution in [-0.2, 0) is 12.0 Å². The van der Waals surface area contributed by atoms with Gasteiger partial charge in [-0.3, -0.25) is 0 Å². The van der Waals surface area contributed by atoms with Crippen molar-refractivity contribution in [1.29, 1.82) is 0 Å². The Hall–Kier alpha value is -1.80. The highest BCUT2D eigenvalue weighted by atomic mass is 16.5. The molecule has 0 saturated heterocycles. The minimum absolute atomic E-state index is 0.530. The molecule has 100 valence electrons. The maximum absolute atomic E-state index is 10.8. The monoisotopic (exact) mass is 256 g/mol. The first-order valence-corrected chi connectivity index (χ1v) is 6.45. The van der Waals surface area contributed by atoms with Crippen molar-refractivity contribution in [2.24, 2.45) is 0 Å².